The standard InChI is InChI=1S/C31H35N3O3.C30H32N2O3/c1-31(2,3)27-17-22(24-12-9-14-32-29(24)37-19-21-10-7-6-8-11-21)16-25-26(20-36-28(25)27)30(35)34-15-13-23(18-34)33(4)5;1-20-12-14-32(17-20)29(33)25-19-34-27-24(25)15-22(16-26(27)30(2,3)4)23-11-8-13-31-28(23)35-18-21-9-6-5-7-10-21/h6-12,14,16-17,20,23H,13,15,18-19H2,1-5H3;5-11,13,15-16,19-20H,12,14,17-18H2,1-4H3/t23-;20-/m00/s1. The first-order chi connectivity index (χ1) is 34.5. The Morgan fingerprint density at radius 3 is 1.46 bits per heavy atom. The topological polar surface area (TPSA) is 114 Å². The number of carbonyl (C=O) groups excluding carboxylic acids is 2. The maximum absolute atomic E-state index is 13.6. The lowest BCUT2D eigenvalue weighted by Gasteiger charge is -2.22. The van der Waals surface area contributed by atoms with Gasteiger partial charge in [0.25, 0.3) is 11.8 Å². The van der Waals surface area contributed by atoms with E-state index < -0.39 is 0 Å². The van der Waals surface area contributed by atoms with Gasteiger partial charge in [-0.25, -0.2) is 9.97 Å². The second-order valence-corrected chi connectivity index (χ2v) is 21.7. The van der Waals surface area contributed by atoms with Crippen LogP contribution in [0.25, 0.3) is 44.2 Å². The molecule has 11 heteroatoms. The summed E-state index contributed by atoms with van der Waals surface area (Å²) in [5, 5.41) is 1.67. The van der Waals surface area contributed by atoms with Crippen LogP contribution in [0.4, 0.5) is 0 Å². The highest BCUT2D eigenvalue weighted by Crippen LogP contribution is 2.42. The fraction of sp³-hybridized carbons (Fsp3) is 0.344. The van der Waals surface area contributed by atoms with Crippen LogP contribution in [0.2, 0.25) is 0 Å². The van der Waals surface area contributed by atoms with Gasteiger partial charge in [-0.3, -0.25) is 9.59 Å². The molecule has 2 aliphatic rings. The molecule has 0 bridgehead atoms. The molecular formula is C61H67N5O6. The fourth-order valence-corrected chi connectivity index (χ4v) is 9.74. The summed E-state index contributed by atoms with van der Waals surface area (Å²) >= 11 is 0. The Labute approximate surface area is 423 Å². The summed E-state index contributed by atoms with van der Waals surface area (Å²) in [7, 11) is 4.14. The molecule has 0 spiro atoms. The van der Waals surface area contributed by atoms with Gasteiger partial charge in [0.2, 0.25) is 11.8 Å². The number of aromatic nitrogens is 2. The molecule has 8 aromatic rings. The first-order valence-electron chi connectivity index (χ1n) is 25.1. The Bertz CT molecular complexity index is 3180. The smallest absolute Gasteiger partial charge is 0.257 e. The number of hydrogen-bond acceptors (Lipinski definition) is 9. The zero-order chi connectivity index (χ0) is 50.7. The molecule has 0 N–H and O–H groups in total. The van der Waals surface area contributed by atoms with E-state index in [2.05, 4.69) is 89.6 Å². The summed E-state index contributed by atoms with van der Waals surface area (Å²) in [5.74, 6) is 1.72. The monoisotopic (exact) mass is 966 g/mol. The predicted molar refractivity (Wildman–Crippen MR) is 286 cm³/mol. The Hall–Kier alpha value is -7.24. The molecule has 372 valence electrons. The number of fused-ring (bicyclic) bond motifs is 2. The molecule has 10 rings (SSSR count). The van der Waals surface area contributed by atoms with Crippen molar-refractivity contribution >= 4 is 33.8 Å². The SMILES string of the molecule is CN(C)[C@H]1CCN(C(=O)c2coc3c(C(C)(C)C)cc(-c4cccnc4OCc4ccccc4)cc23)C1.C[C@H]1CCN(C(=O)c2coc3c(C(C)(C)C)cc(-c4cccnc4OCc4ccccc4)cc23)C1. The number of benzene rings is 4. The number of likely N-dealkylation sites (tertiary alicyclic amines) is 2. The van der Waals surface area contributed by atoms with E-state index in [0.29, 0.717) is 48.1 Å². The van der Waals surface area contributed by atoms with Gasteiger partial charge in [0.15, 0.2) is 0 Å². The van der Waals surface area contributed by atoms with Gasteiger partial charge in [-0.05, 0) is 114 Å². The number of rotatable bonds is 11. The molecule has 2 aliphatic heterocycles. The summed E-state index contributed by atoms with van der Waals surface area (Å²) in [6.45, 7) is 19.1. The third-order valence-corrected chi connectivity index (χ3v) is 13.9. The van der Waals surface area contributed by atoms with Crippen LogP contribution in [0.5, 0.6) is 11.8 Å². The minimum Gasteiger partial charge on any atom is -0.472 e. The van der Waals surface area contributed by atoms with E-state index in [1.54, 1.807) is 24.9 Å². The minimum absolute atomic E-state index is 0.0202. The number of furan rings is 2. The number of pyridine rings is 2. The first kappa shape index (κ1) is 49.7. The van der Waals surface area contributed by atoms with Crippen molar-refractivity contribution in [2.24, 2.45) is 5.92 Å². The van der Waals surface area contributed by atoms with Gasteiger partial charge in [-0.15, -0.1) is 0 Å². The van der Waals surface area contributed by atoms with E-state index in [9.17, 15) is 9.59 Å². The Morgan fingerprint density at radius 1 is 0.611 bits per heavy atom. The van der Waals surface area contributed by atoms with Crippen molar-refractivity contribution < 1.29 is 27.9 Å². The van der Waals surface area contributed by atoms with Gasteiger partial charge in [0.05, 0.1) is 11.1 Å². The molecule has 72 heavy (non-hydrogen) atoms. The second-order valence-electron chi connectivity index (χ2n) is 21.7. The van der Waals surface area contributed by atoms with Crippen LogP contribution >= 0.6 is 0 Å². The van der Waals surface area contributed by atoms with E-state index in [1.165, 1.54) is 0 Å². The molecule has 0 saturated carbocycles. The van der Waals surface area contributed by atoms with E-state index in [-0.39, 0.29) is 22.6 Å². The van der Waals surface area contributed by atoms with Gasteiger partial charge in [0, 0.05) is 77.6 Å². The lowest BCUT2D eigenvalue weighted by molar-refractivity contribution is 0.0778. The van der Waals surface area contributed by atoms with Crippen LogP contribution in [0, 0.1) is 5.92 Å². The Kier molecular flexibility index (Phi) is 14.4. The zero-order valence-corrected chi connectivity index (χ0v) is 43.2. The van der Waals surface area contributed by atoms with Crippen LogP contribution < -0.4 is 9.47 Å². The molecule has 2 fully saturated rings. The number of amides is 2. The highest BCUT2D eigenvalue weighted by Gasteiger charge is 2.33. The maximum atomic E-state index is 13.6. The molecule has 4 aromatic carbocycles. The molecule has 0 unspecified atom stereocenters. The third kappa shape index (κ3) is 10.8. The predicted octanol–water partition coefficient (Wildman–Crippen LogP) is 13.0. The van der Waals surface area contributed by atoms with Crippen LogP contribution in [0.15, 0.2) is 143 Å². The molecule has 4 aromatic heterocycles. The molecular weight excluding hydrogens is 899 g/mol. The zero-order valence-electron chi connectivity index (χ0n) is 43.2. The summed E-state index contributed by atoms with van der Waals surface area (Å²) < 4.78 is 24.5. The number of hydrogen-bond donors (Lipinski definition) is 0. The van der Waals surface area contributed by atoms with Crippen molar-refractivity contribution in [1.82, 2.24) is 24.7 Å². The van der Waals surface area contributed by atoms with Gasteiger partial charge in [0.1, 0.15) is 36.9 Å². The van der Waals surface area contributed by atoms with Crippen LogP contribution in [0.3, 0.4) is 0 Å². The first-order valence-corrected chi connectivity index (χ1v) is 25.1. The van der Waals surface area contributed by atoms with Gasteiger partial charge < -0.3 is 33.0 Å². The van der Waals surface area contributed by atoms with Gasteiger partial charge in [-0.1, -0.05) is 109 Å². The second kappa shape index (κ2) is 20.8. The number of likely N-dealkylation sites (N-methyl/N-ethyl adjacent to an activating group) is 1. The van der Waals surface area contributed by atoms with Crippen molar-refractivity contribution in [2.75, 3.05) is 40.3 Å². The number of carbonyl (C=O) groups is 2. The number of ether oxygens (including phenoxy) is 2. The Morgan fingerprint density at radius 2 is 1.06 bits per heavy atom. The summed E-state index contributed by atoms with van der Waals surface area (Å²) in [4.78, 5) is 42.2. The molecule has 2 saturated heterocycles. The van der Waals surface area contributed by atoms with E-state index >= 15 is 0 Å². The third-order valence-electron chi connectivity index (χ3n) is 13.9. The van der Waals surface area contributed by atoms with Crippen molar-refractivity contribution in [1.29, 1.82) is 0 Å². The van der Waals surface area contributed by atoms with Crippen molar-refractivity contribution in [2.45, 2.75) is 91.4 Å². The minimum atomic E-state index is -0.191. The summed E-state index contributed by atoms with van der Waals surface area (Å²) in [5.41, 5.74) is 10.4. The Balaban J connectivity index is 0.000000178. The largest absolute Gasteiger partial charge is 0.472 e. The van der Waals surface area contributed by atoms with Crippen LogP contribution in [-0.2, 0) is 24.0 Å². The lowest BCUT2D eigenvalue weighted by Crippen LogP contribution is -2.34. The maximum Gasteiger partial charge on any atom is 0.257 e. The highest BCUT2D eigenvalue weighted by molar-refractivity contribution is 6.09. The van der Waals surface area contributed by atoms with Crippen molar-refractivity contribution in [3.05, 3.63) is 167 Å². The lowest BCUT2D eigenvalue weighted by atomic mass is 9.84. The molecule has 2 atom stereocenters. The highest BCUT2D eigenvalue weighted by atomic mass is 16.5. The molecule has 0 radical (unpaired) electrons. The molecule has 2 amide bonds. The van der Waals surface area contributed by atoms with Gasteiger partial charge in [-0.2, -0.15) is 0 Å². The van der Waals surface area contributed by atoms with Crippen molar-refractivity contribution in [3.8, 4) is 34.0 Å². The van der Waals surface area contributed by atoms with Crippen LogP contribution in [0.1, 0.15) is 104 Å². The van der Waals surface area contributed by atoms with Crippen LogP contribution in [-0.4, -0.2) is 82.8 Å². The van der Waals surface area contributed by atoms with E-state index in [1.807, 2.05) is 107 Å². The van der Waals surface area contributed by atoms with E-state index in [0.717, 1.165) is 105 Å². The summed E-state index contributed by atoms with van der Waals surface area (Å²) in [6, 6.07) is 36.8. The van der Waals surface area contributed by atoms with Gasteiger partial charge >= 0.3 is 0 Å². The quantitative estimate of drug-likeness (QED) is 0.125. The normalized spacial score (nSPS) is 16.1. The summed E-state index contributed by atoms with van der Waals surface area (Å²) in [6.07, 6.45) is 8.77. The molecule has 11 nitrogen and oxygen atoms in total. The average molecular weight is 966 g/mol. The fourth-order valence-electron chi connectivity index (χ4n) is 9.74. The van der Waals surface area contributed by atoms with Crippen molar-refractivity contribution in [3.63, 3.8) is 0 Å². The molecule has 6 heterocycles. The molecule has 0 aliphatic carbocycles. The number of nitrogens with zero attached hydrogens (tertiary/aromatic N) is 5. The van der Waals surface area contributed by atoms with E-state index in [4.69, 9.17) is 18.3 Å². The average Bonchev–Trinajstić information content (AvgIpc) is 4.22.